The van der Waals surface area contributed by atoms with Crippen molar-refractivity contribution in [3.05, 3.63) is 35.9 Å². The number of hydrogen-bond acceptors (Lipinski definition) is 5. The van der Waals surface area contributed by atoms with E-state index in [2.05, 4.69) is 29.2 Å². The number of nitrogens with zero attached hydrogens (tertiary/aromatic N) is 2. The Morgan fingerprint density at radius 3 is 2.82 bits per heavy atom. The summed E-state index contributed by atoms with van der Waals surface area (Å²) in [6.07, 6.45) is 2.48. The van der Waals surface area contributed by atoms with E-state index in [1.165, 1.54) is 5.56 Å². The second kappa shape index (κ2) is 6.85. The molecule has 5 atom stereocenters. The number of rotatable bonds is 4. The van der Waals surface area contributed by atoms with Crippen molar-refractivity contribution in [2.45, 2.75) is 50.5 Å². The van der Waals surface area contributed by atoms with Gasteiger partial charge in [-0.3, -0.25) is 14.5 Å². The monoisotopic (exact) mass is 384 g/mol. The van der Waals surface area contributed by atoms with Crippen LogP contribution in [0.2, 0.25) is 0 Å². The predicted molar refractivity (Wildman–Crippen MR) is 102 cm³/mol. The summed E-state index contributed by atoms with van der Waals surface area (Å²) in [7, 11) is 0. The summed E-state index contributed by atoms with van der Waals surface area (Å²) in [6.45, 7) is 5.56. The molecule has 6 heteroatoms. The highest BCUT2D eigenvalue weighted by atomic mass is 16.6. The Balaban J connectivity index is 1.36. The van der Waals surface area contributed by atoms with Gasteiger partial charge in [0.1, 0.15) is 5.60 Å². The smallest absolute Gasteiger partial charge is 0.312 e. The summed E-state index contributed by atoms with van der Waals surface area (Å²) in [4.78, 5) is 30.4. The first kappa shape index (κ1) is 18.1. The highest BCUT2D eigenvalue weighted by Crippen LogP contribution is 2.59. The number of hydrogen-bond donors (Lipinski definition) is 0. The molecule has 1 spiro atoms. The molecule has 6 nitrogen and oxygen atoms in total. The highest BCUT2D eigenvalue weighted by Gasteiger charge is 2.73. The van der Waals surface area contributed by atoms with Gasteiger partial charge in [-0.15, -0.1) is 0 Å². The minimum Gasteiger partial charge on any atom is -0.466 e. The third kappa shape index (κ3) is 2.61. The maximum atomic E-state index is 13.4. The lowest BCUT2D eigenvalue weighted by atomic mass is 9.70. The predicted octanol–water partition coefficient (Wildman–Crippen LogP) is 1.83. The molecule has 2 bridgehead atoms. The molecule has 1 aromatic rings. The molecule has 0 aromatic heterocycles. The lowest BCUT2D eigenvalue weighted by Gasteiger charge is -2.33. The van der Waals surface area contributed by atoms with Gasteiger partial charge in [0, 0.05) is 26.2 Å². The van der Waals surface area contributed by atoms with Crippen LogP contribution >= 0.6 is 0 Å². The lowest BCUT2D eigenvalue weighted by molar-refractivity contribution is -0.154. The number of carbonyl (C=O) groups is 2. The van der Waals surface area contributed by atoms with Crippen LogP contribution in [0.1, 0.15) is 31.7 Å². The van der Waals surface area contributed by atoms with Crippen LogP contribution in [-0.2, 0) is 25.6 Å². The van der Waals surface area contributed by atoms with Crippen LogP contribution in [0.15, 0.2) is 30.3 Å². The van der Waals surface area contributed by atoms with Gasteiger partial charge in [-0.1, -0.05) is 30.3 Å². The van der Waals surface area contributed by atoms with Gasteiger partial charge in [-0.25, -0.2) is 0 Å². The van der Waals surface area contributed by atoms with E-state index in [0.717, 1.165) is 38.9 Å². The van der Waals surface area contributed by atoms with Crippen molar-refractivity contribution in [2.75, 3.05) is 26.2 Å². The van der Waals surface area contributed by atoms with Crippen molar-refractivity contribution in [2.24, 2.45) is 11.8 Å². The molecule has 1 amide bonds. The normalized spacial score (nSPS) is 36.9. The maximum absolute atomic E-state index is 13.4. The second-order valence-electron chi connectivity index (χ2n) is 8.50. The Morgan fingerprint density at radius 1 is 1.21 bits per heavy atom. The number of amides is 1. The fourth-order valence-electron chi connectivity index (χ4n) is 6.04. The summed E-state index contributed by atoms with van der Waals surface area (Å²) >= 11 is 0. The molecule has 0 aliphatic carbocycles. The molecule has 0 N–H and O–H groups in total. The summed E-state index contributed by atoms with van der Waals surface area (Å²) in [6, 6.07) is 10.6. The average molecular weight is 384 g/mol. The lowest BCUT2D eigenvalue weighted by Crippen LogP contribution is -2.46. The van der Waals surface area contributed by atoms with Gasteiger partial charge in [-0.2, -0.15) is 0 Å². The standard InChI is InChI=1S/C22H28N2O4/c1-2-27-21(26)18-16-8-10-22(28-16)17-9-11-23(14-15-6-4-3-5-7-15)12-13-24(17)20(25)19(18)22/h3-7,16-19H,2,8-14H2,1H3/t16-,17+,18-,19+,22-/m1/s1. The second-order valence-corrected chi connectivity index (χ2v) is 8.50. The van der Waals surface area contributed by atoms with E-state index in [1.807, 2.05) is 17.9 Å². The van der Waals surface area contributed by atoms with Crippen molar-refractivity contribution in [3.8, 4) is 0 Å². The Labute approximate surface area is 165 Å². The minimum atomic E-state index is -0.484. The molecule has 150 valence electrons. The van der Waals surface area contributed by atoms with E-state index < -0.39 is 11.5 Å². The number of benzene rings is 1. The average Bonchev–Trinajstić information content (AvgIpc) is 3.27. The SMILES string of the molecule is CCOC(=O)[C@H]1[C@H]2C(=O)N3CCN(Cc4ccccc4)CC[C@H]3[C@]23CC[C@H]1O3. The quantitative estimate of drug-likeness (QED) is 0.742. The Bertz CT molecular complexity index is 769. The Morgan fingerprint density at radius 2 is 2.04 bits per heavy atom. The Hall–Kier alpha value is -1.92. The zero-order chi connectivity index (χ0) is 19.3. The molecule has 0 unspecified atom stereocenters. The van der Waals surface area contributed by atoms with Crippen LogP contribution in [0.5, 0.6) is 0 Å². The summed E-state index contributed by atoms with van der Waals surface area (Å²) in [5.41, 5.74) is 0.814. The number of carbonyl (C=O) groups excluding carboxylic acids is 2. The van der Waals surface area contributed by atoms with Crippen molar-refractivity contribution in [3.63, 3.8) is 0 Å². The van der Waals surface area contributed by atoms with Crippen LogP contribution in [0.4, 0.5) is 0 Å². The molecule has 28 heavy (non-hydrogen) atoms. The van der Waals surface area contributed by atoms with Crippen LogP contribution < -0.4 is 0 Å². The summed E-state index contributed by atoms with van der Waals surface area (Å²) in [5, 5.41) is 0. The van der Waals surface area contributed by atoms with Crippen LogP contribution in [-0.4, -0.2) is 65.7 Å². The third-order valence-electron chi connectivity index (χ3n) is 7.15. The van der Waals surface area contributed by atoms with E-state index in [-0.39, 0.29) is 29.9 Å². The molecule has 4 aliphatic rings. The van der Waals surface area contributed by atoms with Crippen molar-refractivity contribution < 1.29 is 19.1 Å². The summed E-state index contributed by atoms with van der Waals surface area (Å²) < 4.78 is 11.7. The van der Waals surface area contributed by atoms with Gasteiger partial charge in [0.05, 0.1) is 30.6 Å². The molecule has 5 rings (SSSR count). The zero-order valence-corrected chi connectivity index (χ0v) is 16.4. The van der Waals surface area contributed by atoms with Crippen LogP contribution in [0, 0.1) is 11.8 Å². The van der Waals surface area contributed by atoms with E-state index in [4.69, 9.17) is 9.47 Å². The van der Waals surface area contributed by atoms with E-state index in [1.54, 1.807) is 0 Å². The topological polar surface area (TPSA) is 59.1 Å². The molecule has 0 radical (unpaired) electrons. The Kier molecular flexibility index (Phi) is 4.43. The maximum Gasteiger partial charge on any atom is 0.312 e. The molecule has 1 aromatic carbocycles. The number of ether oxygens (including phenoxy) is 2. The fourth-order valence-corrected chi connectivity index (χ4v) is 6.04. The molecule has 4 aliphatic heterocycles. The fraction of sp³-hybridized carbons (Fsp3) is 0.636. The van der Waals surface area contributed by atoms with Gasteiger partial charge in [0.2, 0.25) is 5.91 Å². The van der Waals surface area contributed by atoms with Crippen LogP contribution in [0.3, 0.4) is 0 Å². The van der Waals surface area contributed by atoms with E-state index in [9.17, 15) is 9.59 Å². The zero-order valence-electron chi connectivity index (χ0n) is 16.4. The van der Waals surface area contributed by atoms with Gasteiger partial charge in [0.25, 0.3) is 0 Å². The first-order valence-corrected chi connectivity index (χ1v) is 10.6. The summed E-state index contributed by atoms with van der Waals surface area (Å²) in [5.74, 6) is -0.924. The minimum absolute atomic E-state index is 0.0789. The van der Waals surface area contributed by atoms with Crippen molar-refractivity contribution >= 4 is 11.9 Å². The molecular formula is C22H28N2O4. The largest absolute Gasteiger partial charge is 0.466 e. The van der Waals surface area contributed by atoms with Gasteiger partial charge >= 0.3 is 5.97 Å². The molecular weight excluding hydrogens is 356 g/mol. The van der Waals surface area contributed by atoms with Gasteiger partial charge < -0.3 is 14.4 Å². The van der Waals surface area contributed by atoms with Crippen molar-refractivity contribution in [1.29, 1.82) is 0 Å². The molecule has 4 saturated heterocycles. The first-order valence-electron chi connectivity index (χ1n) is 10.6. The van der Waals surface area contributed by atoms with Gasteiger partial charge in [-0.05, 0) is 31.7 Å². The highest BCUT2D eigenvalue weighted by molar-refractivity contribution is 5.91. The molecule has 4 fully saturated rings. The number of esters is 1. The molecule has 4 heterocycles. The van der Waals surface area contributed by atoms with Crippen LogP contribution in [0.25, 0.3) is 0 Å². The van der Waals surface area contributed by atoms with E-state index >= 15 is 0 Å². The van der Waals surface area contributed by atoms with Gasteiger partial charge in [0.15, 0.2) is 0 Å². The van der Waals surface area contributed by atoms with Crippen molar-refractivity contribution in [1.82, 2.24) is 9.80 Å². The third-order valence-corrected chi connectivity index (χ3v) is 7.15. The van der Waals surface area contributed by atoms with E-state index in [0.29, 0.717) is 13.2 Å². The first-order chi connectivity index (χ1) is 13.6. The molecule has 0 saturated carbocycles. The number of fused-ring (bicyclic) bond motifs is 2.